The van der Waals surface area contributed by atoms with Gasteiger partial charge in [-0.05, 0) is 70.9 Å². The maximum absolute atomic E-state index is 13.4. The predicted molar refractivity (Wildman–Crippen MR) is 139 cm³/mol. The third-order valence-corrected chi connectivity index (χ3v) is 6.41. The molecular weight excluding hydrogens is 526 g/mol. The van der Waals surface area contributed by atoms with Crippen molar-refractivity contribution in [2.24, 2.45) is 0 Å². The lowest BCUT2D eigenvalue weighted by molar-refractivity contribution is 0.101. The van der Waals surface area contributed by atoms with Crippen LogP contribution in [0.25, 0.3) is 22.2 Å². The molecule has 0 bridgehead atoms. The number of para-hydroxylation sites is 2. The van der Waals surface area contributed by atoms with E-state index in [1.807, 2.05) is 0 Å². The average molecular weight is 546 g/mol. The molecule has 2 aromatic heterocycles. The number of fused-ring (bicyclic) bond motifs is 1. The van der Waals surface area contributed by atoms with Crippen molar-refractivity contribution in [1.29, 1.82) is 0 Å². The fourth-order valence-electron chi connectivity index (χ4n) is 3.89. The molecule has 0 aliphatic rings. The molecule has 0 aliphatic heterocycles. The number of H-pyrrole nitrogens is 1. The van der Waals surface area contributed by atoms with E-state index < -0.39 is 11.7 Å². The van der Waals surface area contributed by atoms with E-state index >= 15 is 0 Å². The quantitative estimate of drug-likeness (QED) is 0.222. The van der Waals surface area contributed by atoms with Gasteiger partial charge in [-0.25, -0.2) is 0 Å². The lowest BCUT2D eigenvalue weighted by atomic mass is 10.1. The summed E-state index contributed by atoms with van der Waals surface area (Å²) in [6, 6.07) is 18.8. The number of benzene rings is 3. The fraction of sp³-hybridized carbons (Fsp3) is 0.0741. The number of aromatic nitrogens is 2. The van der Waals surface area contributed by atoms with Gasteiger partial charge in [0, 0.05) is 16.5 Å². The normalized spacial score (nSPS) is 11.0. The number of aromatic amines is 1. The Morgan fingerprint density at radius 2 is 1.89 bits per heavy atom. The number of furan rings is 1. The highest BCUT2D eigenvalue weighted by atomic mass is 79.9. The standard InChI is InChI=1S/C27H20BrN3O5/c1-14-6-5-8-16(24(14)32)19-13-20(31-30-19)27(34)29-23-17-7-3-4-9-21(17)36-26(23)25(33)15-10-11-22(35-2)18(28)12-15/h3-13,32H,1-2H3,(H,29,34)(H,30,31). The summed E-state index contributed by atoms with van der Waals surface area (Å²) < 4.78 is 11.7. The first kappa shape index (κ1) is 23.4. The fourth-order valence-corrected chi connectivity index (χ4v) is 4.43. The molecule has 5 rings (SSSR count). The van der Waals surface area contributed by atoms with E-state index in [1.54, 1.807) is 67.6 Å². The molecule has 0 saturated heterocycles. The van der Waals surface area contributed by atoms with Gasteiger partial charge in [0.1, 0.15) is 22.8 Å². The van der Waals surface area contributed by atoms with Crippen molar-refractivity contribution in [3.63, 3.8) is 0 Å². The molecular formula is C27H20BrN3O5. The topological polar surface area (TPSA) is 117 Å². The van der Waals surface area contributed by atoms with E-state index in [1.165, 1.54) is 13.2 Å². The number of amides is 1. The first-order valence-corrected chi connectivity index (χ1v) is 11.7. The van der Waals surface area contributed by atoms with E-state index in [2.05, 4.69) is 31.4 Å². The highest BCUT2D eigenvalue weighted by Crippen LogP contribution is 2.35. The average Bonchev–Trinajstić information content (AvgIpc) is 3.51. The van der Waals surface area contributed by atoms with Crippen molar-refractivity contribution >= 4 is 44.3 Å². The second-order valence-electron chi connectivity index (χ2n) is 8.07. The molecule has 0 saturated carbocycles. The highest BCUT2D eigenvalue weighted by molar-refractivity contribution is 9.10. The number of nitrogens with zero attached hydrogens (tertiary/aromatic N) is 1. The number of ether oxygens (including phenoxy) is 1. The summed E-state index contributed by atoms with van der Waals surface area (Å²) in [6.45, 7) is 1.78. The van der Waals surface area contributed by atoms with Gasteiger partial charge in [-0.1, -0.05) is 24.3 Å². The summed E-state index contributed by atoms with van der Waals surface area (Å²) in [5.74, 6) is -0.246. The van der Waals surface area contributed by atoms with Crippen LogP contribution in [0.1, 0.15) is 32.2 Å². The van der Waals surface area contributed by atoms with Crippen molar-refractivity contribution in [3.8, 4) is 22.8 Å². The molecule has 3 aromatic carbocycles. The zero-order valence-electron chi connectivity index (χ0n) is 19.3. The molecule has 0 atom stereocenters. The number of hydrogen-bond acceptors (Lipinski definition) is 6. The van der Waals surface area contributed by atoms with Gasteiger partial charge in [-0.2, -0.15) is 5.10 Å². The SMILES string of the molecule is COc1ccc(C(=O)c2oc3ccccc3c2NC(=O)c2cc(-c3cccc(C)c3O)n[nH]2)cc1Br. The number of hydrogen-bond donors (Lipinski definition) is 3. The number of carbonyl (C=O) groups excluding carboxylic acids is 2. The highest BCUT2D eigenvalue weighted by Gasteiger charge is 2.25. The molecule has 0 spiro atoms. The van der Waals surface area contributed by atoms with Crippen LogP contribution in [0, 0.1) is 6.92 Å². The lowest BCUT2D eigenvalue weighted by Crippen LogP contribution is -2.14. The van der Waals surface area contributed by atoms with Crippen molar-refractivity contribution in [1.82, 2.24) is 10.2 Å². The summed E-state index contributed by atoms with van der Waals surface area (Å²) >= 11 is 3.40. The van der Waals surface area contributed by atoms with Crippen molar-refractivity contribution in [2.45, 2.75) is 6.92 Å². The summed E-state index contributed by atoms with van der Waals surface area (Å²) in [6.07, 6.45) is 0. The van der Waals surface area contributed by atoms with Crippen molar-refractivity contribution in [3.05, 3.63) is 93.8 Å². The van der Waals surface area contributed by atoms with Crippen LogP contribution in [0.4, 0.5) is 5.69 Å². The number of methoxy groups -OCH3 is 1. The van der Waals surface area contributed by atoms with E-state index in [9.17, 15) is 14.7 Å². The third kappa shape index (κ3) is 4.14. The summed E-state index contributed by atoms with van der Waals surface area (Å²) in [5.41, 5.74) is 2.83. The second-order valence-corrected chi connectivity index (χ2v) is 8.93. The number of aromatic hydroxyl groups is 1. The Morgan fingerprint density at radius 3 is 2.67 bits per heavy atom. The minimum absolute atomic E-state index is 0.00214. The smallest absolute Gasteiger partial charge is 0.273 e. The van der Waals surface area contributed by atoms with Crippen molar-refractivity contribution in [2.75, 3.05) is 12.4 Å². The Morgan fingerprint density at radius 1 is 1.08 bits per heavy atom. The lowest BCUT2D eigenvalue weighted by Gasteiger charge is -2.07. The Kier molecular flexibility index (Phi) is 6.07. The molecule has 0 unspecified atom stereocenters. The summed E-state index contributed by atoms with van der Waals surface area (Å²) in [7, 11) is 1.54. The molecule has 180 valence electrons. The minimum Gasteiger partial charge on any atom is -0.507 e. The van der Waals surface area contributed by atoms with Gasteiger partial charge in [-0.3, -0.25) is 14.7 Å². The van der Waals surface area contributed by atoms with Crippen LogP contribution in [0.2, 0.25) is 0 Å². The largest absolute Gasteiger partial charge is 0.507 e. The van der Waals surface area contributed by atoms with Gasteiger partial charge >= 0.3 is 0 Å². The number of nitrogens with one attached hydrogen (secondary N) is 2. The van der Waals surface area contributed by atoms with Crippen LogP contribution in [0.15, 0.2) is 75.6 Å². The van der Waals surface area contributed by atoms with Gasteiger partial charge < -0.3 is 19.6 Å². The van der Waals surface area contributed by atoms with Crippen LogP contribution in [0.3, 0.4) is 0 Å². The summed E-state index contributed by atoms with van der Waals surface area (Å²) in [4.78, 5) is 26.6. The van der Waals surface area contributed by atoms with E-state index in [4.69, 9.17) is 9.15 Å². The number of carbonyl (C=O) groups is 2. The second kappa shape index (κ2) is 9.35. The zero-order valence-corrected chi connectivity index (χ0v) is 20.8. The van der Waals surface area contributed by atoms with Crippen LogP contribution >= 0.6 is 15.9 Å². The first-order chi connectivity index (χ1) is 17.4. The van der Waals surface area contributed by atoms with Gasteiger partial charge in [0.05, 0.1) is 23.0 Å². The van der Waals surface area contributed by atoms with Gasteiger partial charge in [0.25, 0.3) is 5.91 Å². The molecule has 0 radical (unpaired) electrons. The van der Waals surface area contributed by atoms with E-state index in [0.717, 1.165) is 0 Å². The molecule has 3 N–H and O–H groups in total. The zero-order chi connectivity index (χ0) is 25.4. The molecule has 1 amide bonds. The van der Waals surface area contributed by atoms with Crippen molar-refractivity contribution < 1.29 is 23.8 Å². The predicted octanol–water partition coefficient (Wildman–Crippen LogP) is 6.09. The Labute approximate surface area is 214 Å². The molecule has 36 heavy (non-hydrogen) atoms. The van der Waals surface area contributed by atoms with Crippen LogP contribution in [0.5, 0.6) is 11.5 Å². The molecule has 9 heteroatoms. The van der Waals surface area contributed by atoms with Gasteiger partial charge in [-0.15, -0.1) is 0 Å². The van der Waals surface area contributed by atoms with Gasteiger partial charge in [0.2, 0.25) is 5.78 Å². The number of halogens is 1. The number of anilines is 1. The summed E-state index contributed by atoms with van der Waals surface area (Å²) in [5, 5.41) is 20.6. The monoisotopic (exact) mass is 545 g/mol. The molecule has 8 nitrogen and oxygen atoms in total. The molecule has 5 aromatic rings. The van der Waals surface area contributed by atoms with Crippen LogP contribution in [-0.4, -0.2) is 34.1 Å². The van der Waals surface area contributed by atoms with E-state index in [0.29, 0.717) is 43.6 Å². The molecule has 0 fully saturated rings. The maximum Gasteiger partial charge on any atom is 0.273 e. The minimum atomic E-state index is -0.516. The Balaban J connectivity index is 1.50. The number of ketones is 1. The number of aryl methyl sites for hydroxylation is 1. The third-order valence-electron chi connectivity index (χ3n) is 5.79. The molecule has 2 heterocycles. The number of phenols is 1. The Bertz CT molecular complexity index is 1640. The Hall–Kier alpha value is -4.37. The maximum atomic E-state index is 13.4. The number of rotatable bonds is 6. The molecule has 0 aliphatic carbocycles. The van der Waals surface area contributed by atoms with Crippen LogP contribution in [-0.2, 0) is 0 Å². The number of phenolic OH excluding ortho intramolecular Hbond substituents is 1. The van der Waals surface area contributed by atoms with Gasteiger partial charge in [0.15, 0.2) is 5.76 Å². The van der Waals surface area contributed by atoms with E-state index in [-0.39, 0.29) is 22.9 Å². The first-order valence-electron chi connectivity index (χ1n) is 10.9. The van der Waals surface area contributed by atoms with Crippen LogP contribution < -0.4 is 10.1 Å².